The highest BCUT2D eigenvalue weighted by atomic mass is 16.1. The van der Waals surface area contributed by atoms with Crippen LogP contribution in [0.4, 0.5) is 5.95 Å². The van der Waals surface area contributed by atoms with Gasteiger partial charge in [-0.3, -0.25) is 9.13 Å². The fourth-order valence-electron chi connectivity index (χ4n) is 2.09. The van der Waals surface area contributed by atoms with E-state index in [0.29, 0.717) is 5.95 Å². The SMILES string of the molecule is Cn1c(=O)n(C)c2cc(/C=N\Nc3nncn3N)ccc21. The van der Waals surface area contributed by atoms with Crippen LogP contribution in [-0.4, -0.2) is 30.2 Å². The Hall–Kier alpha value is -3.10. The molecule has 0 saturated carbocycles. The van der Waals surface area contributed by atoms with Crippen molar-refractivity contribution in [2.75, 3.05) is 11.3 Å². The third-order valence-corrected chi connectivity index (χ3v) is 3.25. The molecule has 0 radical (unpaired) electrons. The van der Waals surface area contributed by atoms with E-state index in [1.54, 1.807) is 29.4 Å². The Morgan fingerprint density at radius 1 is 1.29 bits per heavy atom. The highest BCUT2D eigenvalue weighted by Crippen LogP contribution is 2.12. The second-order valence-electron chi connectivity index (χ2n) is 4.58. The Balaban J connectivity index is 1.90. The summed E-state index contributed by atoms with van der Waals surface area (Å²) in [5.74, 6) is 5.88. The first kappa shape index (κ1) is 12.9. The van der Waals surface area contributed by atoms with Crippen molar-refractivity contribution in [3.05, 3.63) is 40.6 Å². The van der Waals surface area contributed by atoms with Crippen molar-refractivity contribution >= 4 is 23.2 Å². The number of nitrogen functional groups attached to an aromatic ring is 1. The number of aromatic nitrogens is 5. The minimum absolute atomic E-state index is 0.0616. The predicted octanol–water partition coefficient (Wildman–Crippen LogP) is -0.372. The third-order valence-electron chi connectivity index (χ3n) is 3.25. The number of fused-ring (bicyclic) bond motifs is 1. The highest BCUT2D eigenvalue weighted by Gasteiger charge is 2.07. The number of hydrogen-bond donors (Lipinski definition) is 2. The number of benzene rings is 1. The van der Waals surface area contributed by atoms with Crippen LogP contribution in [0.1, 0.15) is 5.56 Å². The summed E-state index contributed by atoms with van der Waals surface area (Å²) in [7, 11) is 3.48. The molecule has 21 heavy (non-hydrogen) atoms. The van der Waals surface area contributed by atoms with E-state index in [-0.39, 0.29) is 5.69 Å². The molecule has 2 aromatic heterocycles. The Kier molecular flexibility index (Phi) is 2.94. The molecule has 0 fully saturated rings. The van der Waals surface area contributed by atoms with Crippen LogP contribution < -0.4 is 17.0 Å². The van der Waals surface area contributed by atoms with Crippen molar-refractivity contribution in [2.45, 2.75) is 0 Å². The van der Waals surface area contributed by atoms with Crippen LogP contribution in [0.5, 0.6) is 0 Å². The maximum absolute atomic E-state index is 11.9. The largest absolute Gasteiger partial charge is 0.335 e. The van der Waals surface area contributed by atoms with E-state index in [9.17, 15) is 4.79 Å². The highest BCUT2D eigenvalue weighted by molar-refractivity contribution is 5.87. The monoisotopic (exact) mass is 286 g/mol. The van der Waals surface area contributed by atoms with Crippen LogP contribution in [0.2, 0.25) is 0 Å². The lowest BCUT2D eigenvalue weighted by Crippen LogP contribution is -2.19. The molecule has 0 amide bonds. The first-order valence-corrected chi connectivity index (χ1v) is 6.17. The summed E-state index contributed by atoms with van der Waals surface area (Å²) >= 11 is 0. The van der Waals surface area contributed by atoms with Crippen LogP contribution in [0.25, 0.3) is 11.0 Å². The smallest absolute Gasteiger partial charge is 0.328 e. The lowest BCUT2D eigenvalue weighted by atomic mass is 10.2. The predicted molar refractivity (Wildman–Crippen MR) is 79.5 cm³/mol. The van der Waals surface area contributed by atoms with Gasteiger partial charge in [-0.15, -0.1) is 10.2 Å². The summed E-state index contributed by atoms with van der Waals surface area (Å²) in [6.07, 6.45) is 2.98. The van der Waals surface area contributed by atoms with Crippen LogP contribution in [0.3, 0.4) is 0 Å². The molecule has 0 aliphatic rings. The fourth-order valence-corrected chi connectivity index (χ4v) is 2.09. The normalized spacial score (nSPS) is 11.5. The summed E-state index contributed by atoms with van der Waals surface area (Å²) < 4.78 is 4.42. The number of anilines is 1. The zero-order valence-corrected chi connectivity index (χ0v) is 11.6. The number of nitrogens with zero attached hydrogens (tertiary/aromatic N) is 6. The van der Waals surface area contributed by atoms with Crippen molar-refractivity contribution in [2.24, 2.45) is 19.2 Å². The minimum Gasteiger partial charge on any atom is -0.335 e. The van der Waals surface area contributed by atoms with Gasteiger partial charge in [-0.25, -0.2) is 14.9 Å². The van der Waals surface area contributed by atoms with Gasteiger partial charge in [0.2, 0.25) is 0 Å². The van der Waals surface area contributed by atoms with E-state index in [2.05, 4.69) is 20.7 Å². The van der Waals surface area contributed by atoms with Crippen LogP contribution in [-0.2, 0) is 14.1 Å². The van der Waals surface area contributed by atoms with Gasteiger partial charge in [0, 0.05) is 14.1 Å². The zero-order chi connectivity index (χ0) is 15.0. The molecule has 0 spiro atoms. The van der Waals surface area contributed by atoms with Crippen molar-refractivity contribution in [1.82, 2.24) is 24.0 Å². The molecular formula is C12H14N8O. The molecular weight excluding hydrogens is 272 g/mol. The Labute approximate surface area is 119 Å². The fraction of sp³-hybridized carbons (Fsp3) is 0.167. The zero-order valence-electron chi connectivity index (χ0n) is 11.6. The molecule has 9 heteroatoms. The molecule has 0 bridgehead atoms. The van der Waals surface area contributed by atoms with Crippen molar-refractivity contribution in [1.29, 1.82) is 0 Å². The molecule has 1 aromatic carbocycles. The van der Waals surface area contributed by atoms with E-state index >= 15 is 0 Å². The molecule has 0 unspecified atom stereocenters. The molecule has 3 rings (SSSR count). The van der Waals surface area contributed by atoms with Gasteiger partial charge in [0.15, 0.2) is 0 Å². The first-order valence-electron chi connectivity index (χ1n) is 6.17. The average Bonchev–Trinajstić information content (AvgIpc) is 2.98. The number of aryl methyl sites for hydroxylation is 2. The van der Waals surface area contributed by atoms with E-state index in [0.717, 1.165) is 16.6 Å². The van der Waals surface area contributed by atoms with Gasteiger partial charge in [-0.2, -0.15) is 5.10 Å². The van der Waals surface area contributed by atoms with Gasteiger partial charge >= 0.3 is 5.69 Å². The van der Waals surface area contributed by atoms with Crippen molar-refractivity contribution in [3.63, 3.8) is 0 Å². The summed E-state index contributed by atoms with van der Waals surface area (Å²) in [5.41, 5.74) is 5.18. The first-order chi connectivity index (χ1) is 10.1. The molecule has 3 N–H and O–H groups in total. The molecule has 2 heterocycles. The van der Waals surface area contributed by atoms with Crippen LogP contribution in [0.15, 0.2) is 34.4 Å². The second-order valence-corrected chi connectivity index (χ2v) is 4.58. The van der Waals surface area contributed by atoms with Gasteiger partial charge in [-0.1, -0.05) is 6.07 Å². The van der Waals surface area contributed by atoms with E-state index in [1.807, 2.05) is 18.2 Å². The van der Waals surface area contributed by atoms with E-state index in [1.165, 1.54) is 11.0 Å². The third kappa shape index (κ3) is 2.14. The number of hydrogen-bond acceptors (Lipinski definition) is 6. The molecule has 0 aliphatic carbocycles. The summed E-state index contributed by atoms with van der Waals surface area (Å²) in [5, 5.41) is 11.4. The lowest BCUT2D eigenvalue weighted by Gasteiger charge is -1.99. The van der Waals surface area contributed by atoms with Crippen LogP contribution in [0, 0.1) is 0 Å². The standard InChI is InChI=1S/C12H14N8O/c1-18-9-4-3-8(5-10(9)19(2)12(18)21)6-14-16-11-17-15-7-20(11)13/h3-7H,13H2,1-2H3,(H,16,17)/b14-6-. The Morgan fingerprint density at radius 2 is 2.05 bits per heavy atom. The lowest BCUT2D eigenvalue weighted by molar-refractivity contribution is 0.795. The molecule has 108 valence electrons. The molecule has 9 nitrogen and oxygen atoms in total. The number of rotatable bonds is 3. The van der Waals surface area contributed by atoms with Gasteiger partial charge in [-0.05, 0) is 17.7 Å². The van der Waals surface area contributed by atoms with E-state index < -0.39 is 0 Å². The summed E-state index contributed by atoms with van der Waals surface area (Å²) in [6, 6.07) is 5.64. The Morgan fingerprint density at radius 3 is 2.76 bits per heavy atom. The topological polar surface area (TPSA) is 108 Å². The van der Waals surface area contributed by atoms with Gasteiger partial charge in [0.1, 0.15) is 6.33 Å². The van der Waals surface area contributed by atoms with Gasteiger partial charge in [0.05, 0.1) is 17.2 Å². The van der Waals surface area contributed by atoms with Crippen LogP contribution >= 0.6 is 0 Å². The summed E-state index contributed by atoms with van der Waals surface area (Å²) in [4.78, 5) is 11.9. The number of hydrazone groups is 1. The number of nitrogens with two attached hydrogens (primary N) is 1. The minimum atomic E-state index is -0.0616. The van der Waals surface area contributed by atoms with Crippen molar-refractivity contribution < 1.29 is 0 Å². The molecule has 0 saturated heterocycles. The Bertz CT molecular complexity index is 884. The second kappa shape index (κ2) is 4.78. The molecule has 0 atom stereocenters. The number of nitrogens with one attached hydrogen (secondary N) is 1. The van der Waals surface area contributed by atoms with Gasteiger partial charge < -0.3 is 5.84 Å². The van der Waals surface area contributed by atoms with E-state index in [4.69, 9.17) is 5.84 Å². The molecule has 0 aliphatic heterocycles. The van der Waals surface area contributed by atoms with Gasteiger partial charge in [0.25, 0.3) is 5.95 Å². The summed E-state index contributed by atoms with van der Waals surface area (Å²) in [6.45, 7) is 0. The van der Waals surface area contributed by atoms with Crippen molar-refractivity contribution in [3.8, 4) is 0 Å². The quantitative estimate of drug-likeness (QED) is 0.388. The number of imidazole rings is 1. The molecule has 3 aromatic rings. The maximum atomic E-state index is 11.9. The maximum Gasteiger partial charge on any atom is 0.328 e. The average molecular weight is 286 g/mol.